The standard InChI is InChI=1S/C29H35NO6S/c1-2-5-18(12-19-6-3-7-21(33)13-19)9-10-25(34)26-20(16-31)14-23-27(24(26)17-32)29(36)30(28(23)35)15-22-8-4-11-37-22/h3-4,6-8,11-13,23-25,27,31-34H,2,5,9-10,14-17H2,1H3/b18-12+/t23-,24+,25-,27-/m1/s1. The molecule has 4 rings (SSSR count). The van der Waals surface area contributed by atoms with E-state index in [0.717, 1.165) is 28.9 Å². The van der Waals surface area contributed by atoms with E-state index in [-0.39, 0.29) is 43.7 Å². The zero-order valence-electron chi connectivity index (χ0n) is 21.0. The fourth-order valence-electron chi connectivity index (χ4n) is 5.80. The lowest BCUT2D eigenvalue weighted by molar-refractivity contribution is -0.140. The molecule has 8 heteroatoms. The average molecular weight is 526 g/mol. The summed E-state index contributed by atoms with van der Waals surface area (Å²) in [6.07, 6.45) is 3.95. The number of aromatic hydroxyl groups is 1. The largest absolute Gasteiger partial charge is 0.508 e. The number of rotatable bonds is 11. The zero-order valence-corrected chi connectivity index (χ0v) is 21.9. The topological polar surface area (TPSA) is 118 Å². The van der Waals surface area contributed by atoms with Crippen LogP contribution in [0.15, 0.2) is 58.5 Å². The fourth-order valence-corrected chi connectivity index (χ4v) is 6.50. The summed E-state index contributed by atoms with van der Waals surface area (Å²) < 4.78 is 0. The Balaban J connectivity index is 1.54. The summed E-state index contributed by atoms with van der Waals surface area (Å²) in [7, 11) is 0. The Labute approximate surface area is 221 Å². The SMILES string of the molecule is CCC/C(=C\c1cccc(O)c1)CC[C@@H](O)C1=C(CO)C[C@H]2C(=O)N(Cc3cccs3)C(=O)[C@H]2[C@H]1CO. The van der Waals surface area contributed by atoms with Gasteiger partial charge in [0.1, 0.15) is 5.75 Å². The van der Waals surface area contributed by atoms with E-state index in [1.165, 1.54) is 16.2 Å². The number of fused-ring (bicyclic) bond motifs is 1. The van der Waals surface area contributed by atoms with Crippen LogP contribution in [-0.2, 0) is 16.1 Å². The summed E-state index contributed by atoms with van der Waals surface area (Å²) in [6.45, 7) is 1.56. The number of carbonyl (C=O) groups is 2. The van der Waals surface area contributed by atoms with Crippen molar-refractivity contribution in [2.45, 2.75) is 51.7 Å². The molecule has 0 saturated carbocycles. The molecule has 2 amide bonds. The van der Waals surface area contributed by atoms with Crippen molar-refractivity contribution >= 4 is 29.2 Å². The fraction of sp³-hybridized carbons (Fsp3) is 0.448. The summed E-state index contributed by atoms with van der Waals surface area (Å²) >= 11 is 1.47. The molecular weight excluding hydrogens is 490 g/mol. The molecule has 1 aliphatic heterocycles. The molecule has 0 spiro atoms. The van der Waals surface area contributed by atoms with Gasteiger partial charge >= 0.3 is 0 Å². The van der Waals surface area contributed by atoms with Crippen LogP contribution in [0.3, 0.4) is 0 Å². The molecule has 4 N–H and O–H groups in total. The molecule has 1 aromatic carbocycles. The van der Waals surface area contributed by atoms with Gasteiger partial charge in [0.05, 0.1) is 37.7 Å². The molecular formula is C29H35NO6S. The van der Waals surface area contributed by atoms with Crippen molar-refractivity contribution in [3.63, 3.8) is 0 Å². The van der Waals surface area contributed by atoms with E-state index in [4.69, 9.17) is 0 Å². The van der Waals surface area contributed by atoms with Crippen LogP contribution in [0.1, 0.15) is 49.5 Å². The average Bonchev–Trinajstić information content (AvgIpc) is 3.49. The molecule has 2 aliphatic rings. The van der Waals surface area contributed by atoms with Crippen LogP contribution in [0.2, 0.25) is 0 Å². The highest BCUT2D eigenvalue weighted by molar-refractivity contribution is 7.09. The van der Waals surface area contributed by atoms with Gasteiger partial charge in [0, 0.05) is 10.8 Å². The van der Waals surface area contributed by atoms with Crippen LogP contribution in [0.25, 0.3) is 6.08 Å². The van der Waals surface area contributed by atoms with Crippen LogP contribution in [0.5, 0.6) is 5.75 Å². The lowest BCUT2D eigenvalue weighted by atomic mass is 9.68. The second kappa shape index (κ2) is 12.2. The first kappa shape index (κ1) is 27.3. The van der Waals surface area contributed by atoms with Gasteiger partial charge in [-0.25, -0.2) is 0 Å². The van der Waals surface area contributed by atoms with Crippen molar-refractivity contribution in [3.05, 3.63) is 68.9 Å². The Morgan fingerprint density at radius 3 is 2.62 bits per heavy atom. The Hall–Kier alpha value is -2.78. The van der Waals surface area contributed by atoms with Crippen LogP contribution in [0.4, 0.5) is 0 Å². The lowest BCUT2D eigenvalue weighted by Crippen LogP contribution is -2.39. The number of amides is 2. The number of thiophene rings is 1. The molecule has 198 valence electrons. The number of hydrogen-bond acceptors (Lipinski definition) is 7. The molecule has 37 heavy (non-hydrogen) atoms. The first-order valence-corrected chi connectivity index (χ1v) is 13.7. The molecule has 2 heterocycles. The van der Waals surface area contributed by atoms with E-state index in [1.807, 2.05) is 29.7 Å². The normalized spacial score (nSPS) is 23.1. The van der Waals surface area contributed by atoms with Crippen molar-refractivity contribution in [1.82, 2.24) is 4.90 Å². The third kappa shape index (κ3) is 5.88. The quantitative estimate of drug-likeness (QED) is 0.261. The Morgan fingerprint density at radius 2 is 1.97 bits per heavy atom. The van der Waals surface area contributed by atoms with Crippen molar-refractivity contribution in [2.75, 3.05) is 13.2 Å². The van der Waals surface area contributed by atoms with Gasteiger partial charge < -0.3 is 20.4 Å². The van der Waals surface area contributed by atoms with Crippen LogP contribution < -0.4 is 0 Å². The first-order valence-electron chi connectivity index (χ1n) is 12.9. The van der Waals surface area contributed by atoms with Gasteiger partial charge in [-0.2, -0.15) is 0 Å². The highest BCUT2D eigenvalue weighted by atomic mass is 32.1. The summed E-state index contributed by atoms with van der Waals surface area (Å²) in [5.41, 5.74) is 3.03. The highest BCUT2D eigenvalue weighted by Crippen LogP contribution is 2.46. The maximum absolute atomic E-state index is 13.4. The summed E-state index contributed by atoms with van der Waals surface area (Å²) in [5.74, 6) is -2.50. The summed E-state index contributed by atoms with van der Waals surface area (Å²) in [4.78, 5) is 28.8. The van der Waals surface area contributed by atoms with E-state index in [2.05, 4.69) is 6.92 Å². The number of aliphatic hydroxyl groups is 3. The minimum absolute atomic E-state index is 0.189. The van der Waals surface area contributed by atoms with Crippen molar-refractivity contribution in [1.29, 1.82) is 0 Å². The van der Waals surface area contributed by atoms with Gasteiger partial charge in [-0.05, 0) is 66.0 Å². The number of imide groups is 1. The monoisotopic (exact) mass is 525 g/mol. The predicted molar refractivity (Wildman–Crippen MR) is 142 cm³/mol. The molecule has 1 aromatic heterocycles. The smallest absolute Gasteiger partial charge is 0.234 e. The number of benzene rings is 1. The Morgan fingerprint density at radius 1 is 1.16 bits per heavy atom. The predicted octanol–water partition coefficient (Wildman–Crippen LogP) is 3.88. The number of hydrogen-bond donors (Lipinski definition) is 4. The number of likely N-dealkylation sites (tertiary alicyclic amines) is 1. The van der Waals surface area contributed by atoms with Crippen LogP contribution in [0, 0.1) is 17.8 Å². The van der Waals surface area contributed by atoms with E-state index in [1.54, 1.807) is 18.2 Å². The molecule has 1 saturated heterocycles. The van der Waals surface area contributed by atoms with Crippen molar-refractivity contribution < 1.29 is 30.0 Å². The number of nitrogens with zero attached hydrogens (tertiary/aromatic N) is 1. The molecule has 1 fully saturated rings. The Bertz CT molecular complexity index is 1170. The molecule has 0 bridgehead atoms. The second-order valence-corrected chi connectivity index (χ2v) is 10.9. The molecule has 0 unspecified atom stereocenters. The van der Waals surface area contributed by atoms with Crippen molar-refractivity contribution in [2.24, 2.45) is 17.8 Å². The number of aliphatic hydroxyl groups excluding tert-OH is 3. The number of allylic oxidation sites excluding steroid dienone is 1. The first-order chi connectivity index (χ1) is 17.9. The summed E-state index contributed by atoms with van der Waals surface area (Å²) in [5, 5.41) is 43.5. The van der Waals surface area contributed by atoms with Gasteiger partial charge in [-0.1, -0.05) is 43.2 Å². The van der Waals surface area contributed by atoms with Gasteiger partial charge in [-0.15, -0.1) is 11.3 Å². The minimum Gasteiger partial charge on any atom is -0.508 e. The highest BCUT2D eigenvalue weighted by Gasteiger charge is 2.54. The molecule has 2 aromatic rings. The molecule has 7 nitrogen and oxygen atoms in total. The van der Waals surface area contributed by atoms with Crippen LogP contribution in [-0.4, -0.2) is 56.5 Å². The van der Waals surface area contributed by atoms with E-state index in [0.29, 0.717) is 24.0 Å². The van der Waals surface area contributed by atoms with Gasteiger partial charge in [0.2, 0.25) is 11.8 Å². The van der Waals surface area contributed by atoms with Crippen molar-refractivity contribution in [3.8, 4) is 5.75 Å². The number of phenolic OH excluding ortho intramolecular Hbond substituents is 1. The second-order valence-electron chi connectivity index (χ2n) is 9.89. The van der Waals surface area contributed by atoms with Gasteiger partial charge in [0.15, 0.2) is 0 Å². The van der Waals surface area contributed by atoms with E-state index >= 15 is 0 Å². The maximum Gasteiger partial charge on any atom is 0.234 e. The molecule has 4 atom stereocenters. The third-order valence-corrected chi connectivity index (χ3v) is 8.33. The van der Waals surface area contributed by atoms with Gasteiger partial charge in [-0.3, -0.25) is 14.5 Å². The van der Waals surface area contributed by atoms with E-state index in [9.17, 15) is 30.0 Å². The minimum atomic E-state index is -0.959. The maximum atomic E-state index is 13.4. The van der Waals surface area contributed by atoms with Crippen LogP contribution >= 0.6 is 11.3 Å². The molecule has 1 aliphatic carbocycles. The third-order valence-electron chi connectivity index (χ3n) is 7.47. The summed E-state index contributed by atoms with van der Waals surface area (Å²) in [6, 6.07) is 10.7. The lowest BCUT2D eigenvalue weighted by Gasteiger charge is -2.36. The Kier molecular flexibility index (Phi) is 8.97. The number of carbonyl (C=O) groups excluding carboxylic acids is 2. The van der Waals surface area contributed by atoms with E-state index < -0.39 is 23.9 Å². The van der Waals surface area contributed by atoms with Gasteiger partial charge in [0.25, 0.3) is 0 Å². The zero-order chi connectivity index (χ0) is 26.5. The molecule has 0 radical (unpaired) electrons. The number of phenols is 1.